The summed E-state index contributed by atoms with van der Waals surface area (Å²) >= 11 is 12.1. The molecule has 0 aromatic heterocycles. The average molecular weight is 317 g/mol. The largest absolute Gasteiger partial charge is 0.252 e. The lowest BCUT2D eigenvalue weighted by atomic mass is 10.1. The van der Waals surface area contributed by atoms with Gasteiger partial charge in [-0.2, -0.15) is 0 Å². The Morgan fingerprint density at radius 3 is 2.43 bits per heavy atom. The number of aryl methyl sites for hydroxylation is 1. The lowest BCUT2D eigenvalue weighted by molar-refractivity contribution is 1.39. The predicted octanol–water partition coefficient (Wildman–Crippen LogP) is 5.40. The van der Waals surface area contributed by atoms with Gasteiger partial charge in [0.1, 0.15) is 4.84 Å². The van der Waals surface area contributed by atoms with Crippen molar-refractivity contribution >= 4 is 46.0 Å². The third-order valence-electron chi connectivity index (χ3n) is 3.36. The van der Waals surface area contributed by atoms with Gasteiger partial charge in [-0.05, 0) is 30.2 Å². The molecule has 0 saturated carbocycles. The normalized spacial score (nSPS) is 14.3. The van der Waals surface area contributed by atoms with E-state index in [2.05, 4.69) is 4.99 Å². The standard InChI is InChI=1S/C17H14Cl2N2/c1-11-7-8-13-15(9-11)21-14(10-16(20-13)17(18)19)12-5-3-2-4-6-12/h2-9,17H,10H2,1H3. The monoisotopic (exact) mass is 316 g/mol. The summed E-state index contributed by atoms with van der Waals surface area (Å²) in [6.07, 6.45) is 0.551. The van der Waals surface area contributed by atoms with Crippen molar-refractivity contribution in [1.29, 1.82) is 0 Å². The Hall–Kier alpha value is -1.64. The Balaban J connectivity index is 2.16. The zero-order valence-electron chi connectivity index (χ0n) is 11.6. The molecule has 0 aliphatic carbocycles. The number of aliphatic imine (C=N–C) groups is 2. The number of fused-ring (bicyclic) bond motifs is 1. The first-order valence-corrected chi connectivity index (χ1v) is 7.60. The highest BCUT2D eigenvalue weighted by atomic mass is 35.5. The van der Waals surface area contributed by atoms with Crippen LogP contribution in [0.3, 0.4) is 0 Å². The number of halogens is 2. The van der Waals surface area contributed by atoms with Crippen molar-refractivity contribution in [3.63, 3.8) is 0 Å². The Labute approximate surface area is 134 Å². The summed E-state index contributed by atoms with van der Waals surface area (Å²) in [5.74, 6) is 0. The number of benzene rings is 2. The van der Waals surface area contributed by atoms with Crippen LogP contribution < -0.4 is 0 Å². The topological polar surface area (TPSA) is 24.7 Å². The average Bonchev–Trinajstić information content (AvgIpc) is 2.67. The minimum Gasteiger partial charge on any atom is -0.252 e. The Kier molecular flexibility index (Phi) is 4.09. The minimum absolute atomic E-state index is 0.551. The molecule has 2 aromatic rings. The van der Waals surface area contributed by atoms with Gasteiger partial charge in [0.2, 0.25) is 0 Å². The SMILES string of the molecule is Cc1ccc2c(c1)N=C(c1ccccc1)CC(C(Cl)Cl)=N2. The summed E-state index contributed by atoms with van der Waals surface area (Å²) in [4.78, 5) is 8.75. The molecule has 2 aromatic carbocycles. The zero-order valence-corrected chi connectivity index (χ0v) is 13.1. The molecule has 0 fully saturated rings. The molecule has 0 N–H and O–H groups in total. The van der Waals surface area contributed by atoms with E-state index in [0.29, 0.717) is 6.42 Å². The van der Waals surface area contributed by atoms with Gasteiger partial charge in [-0.25, -0.2) is 0 Å². The Morgan fingerprint density at radius 2 is 1.71 bits per heavy atom. The first-order valence-electron chi connectivity index (χ1n) is 6.73. The maximum absolute atomic E-state index is 6.06. The third-order valence-corrected chi connectivity index (χ3v) is 3.86. The number of hydrogen-bond acceptors (Lipinski definition) is 2. The van der Waals surface area contributed by atoms with E-state index in [-0.39, 0.29) is 0 Å². The van der Waals surface area contributed by atoms with Gasteiger partial charge < -0.3 is 0 Å². The molecule has 0 atom stereocenters. The lowest BCUT2D eigenvalue weighted by Gasteiger charge is -2.07. The molecule has 1 aliphatic rings. The van der Waals surface area contributed by atoms with Gasteiger partial charge in [0.05, 0.1) is 22.8 Å². The molecular weight excluding hydrogens is 303 g/mol. The van der Waals surface area contributed by atoms with E-state index >= 15 is 0 Å². The Morgan fingerprint density at radius 1 is 0.952 bits per heavy atom. The Bertz CT molecular complexity index is 719. The third kappa shape index (κ3) is 3.17. The summed E-state index contributed by atoms with van der Waals surface area (Å²) in [5.41, 5.74) is 5.55. The van der Waals surface area contributed by atoms with E-state index in [0.717, 1.165) is 33.9 Å². The molecule has 0 amide bonds. The van der Waals surface area contributed by atoms with Crippen LogP contribution in [0.15, 0.2) is 58.5 Å². The molecule has 0 unspecified atom stereocenters. The van der Waals surface area contributed by atoms with E-state index in [1.165, 1.54) is 0 Å². The molecule has 0 spiro atoms. The number of nitrogens with zero attached hydrogens (tertiary/aromatic N) is 2. The van der Waals surface area contributed by atoms with Crippen LogP contribution in [0.4, 0.5) is 11.4 Å². The van der Waals surface area contributed by atoms with Crippen LogP contribution in [0.25, 0.3) is 0 Å². The quantitative estimate of drug-likeness (QED) is 0.663. The van der Waals surface area contributed by atoms with Gasteiger partial charge in [0.25, 0.3) is 0 Å². The fraction of sp³-hybridized carbons (Fsp3) is 0.176. The van der Waals surface area contributed by atoms with E-state index in [1.807, 2.05) is 55.5 Å². The van der Waals surface area contributed by atoms with Crippen LogP contribution in [0.1, 0.15) is 17.5 Å². The number of hydrogen-bond donors (Lipinski definition) is 0. The van der Waals surface area contributed by atoms with Crippen molar-refractivity contribution in [3.05, 3.63) is 59.7 Å². The van der Waals surface area contributed by atoms with Crippen molar-refractivity contribution in [1.82, 2.24) is 0 Å². The molecule has 2 nitrogen and oxygen atoms in total. The van der Waals surface area contributed by atoms with Gasteiger partial charge >= 0.3 is 0 Å². The van der Waals surface area contributed by atoms with Gasteiger partial charge in [0.15, 0.2) is 0 Å². The molecular formula is C17H14Cl2N2. The minimum atomic E-state index is -0.633. The maximum Gasteiger partial charge on any atom is 0.146 e. The first-order chi connectivity index (χ1) is 10.1. The second-order valence-corrected chi connectivity index (χ2v) is 6.09. The van der Waals surface area contributed by atoms with Crippen molar-refractivity contribution in [2.45, 2.75) is 18.2 Å². The fourth-order valence-corrected chi connectivity index (χ4v) is 2.54. The van der Waals surface area contributed by atoms with Crippen LogP contribution in [0.2, 0.25) is 0 Å². The molecule has 0 bridgehead atoms. The van der Waals surface area contributed by atoms with Crippen LogP contribution >= 0.6 is 23.2 Å². The number of rotatable bonds is 2. The molecule has 21 heavy (non-hydrogen) atoms. The van der Waals surface area contributed by atoms with Crippen molar-refractivity contribution < 1.29 is 0 Å². The van der Waals surface area contributed by atoms with E-state index in [1.54, 1.807) is 0 Å². The smallest absolute Gasteiger partial charge is 0.146 e. The van der Waals surface area contributed by atoms with Gasteiger partial charge in [-0.3, -0.25) is 9.98 Å². The summed E-state index contributed by atoms with van der Waals surface area (Å²) in [7, 11) is 0. The van der Waals surface area contributed by atoms with Gasteiger partial charge in [-0.1, -0.05) is 59.6 Å². The van der Waals surface area contributed by atoms with E-state index < -0.39 is 4.84 Å². The highest BCUT2D eigenvalue weighted by Crippen LogP contribution is 2.33. The molecule has 4 heteroatoms. The second-order valence-electron chi connectivity index (χ2n) is 5.00. The molecule has 0 radical (unpaired) electrons. The van der Waals surface area contributed by atoms with E-state index in [4.69, 9.17) is 28.2 Å². The summed E-state index contributed by atoms with van der Waals surface area (Å²) in [6, 6.07) is 16.1. The summed E-state index contributed by atoms with van der Waals surface area (Å²) < 4.78 is 0. The summed E-state index contributed by atoms with van der Waals surface area (Å²) in [5, 5.41) is 0. The van der Waals surface area contributed by atoms with Crippen molar-refractivity contribution in [3.8, 4) is 0 Å². The lowest BCUT2D eigenvalue weighted by Crippen LogP contribution is -2.14. The van der Waals surface area contributed by atoms with E-state index in [9.17, 15) is 0 Å². The van der Waals surface area contributed by atoms with Gasteiger partial charge in [0, 0.05) is 6.42 Å². The zero-order chi connectivity index (χ0) is 14.8. The van der Waals surface area contributed by atoms with Crippen LogP contribution in [0, 0.1) is 6.92 Å². The fourth-order valence-electron chi connectivity index (χ4n) is 2.29. The molecule has 1 aliphatic heterocycles. The first kappa shape index (κ1) is 14.3. The van der Waals surface area contributed by atoms with Crippen LogP contribution in [-0.4, -0.2) is 16.3 Å². The second kappa shape index (κ2) is 6.00. The van der Waals surface area contributed by atoms with Crippen LogP contribution in [0.5, 0.6) is 0 Å². The molecule has 3 rings (SSSR count). The highest BCUT2D eigenvalue weighted by Gasteiger charge is 2.19. The maximum atomic E-state index is 6.06. The molecule has 106 valence electrons. The predicted molar refractivity (Wildman–Crippen MR) is 91.0 cm³/mol. The van der Waals surface area contributed by atoms with Crippen molar-refractivity contribution in [2.24, 2.45) is 9.98 Å². The number of alkyl halides is 2. The van der Waals surface area contributed by atoms with Gasteiger partial charge in [-0.15, -0.1) is 0 Å². The van der Waals surface area contributed by atoms with Crippen LogP contribution in [-0.2, 0) is 0 Å². The summed E-state index contributed by atoms with van der Waals surface area (Å²) in [6.45, 7) is 2.04. The molecule has 0 saturated heterocycles. The van der Waals surface area contributed by atoms with Crippen molar-refractivity contribution in [2.75, 3.05) is 0 Å². The molecule has 1 heterocycles. The highest BCUT2D eigenvalue weighted by molar-refractivity contribution is 6.55.